The number of hydrogen-bond donors (Lipinski definition) is 0. The van der Waals surface area contributed by atoms with Crippen molar-refractivity contribution >= 4 is 5.97 Å². The van der Waals surface area contributed by atoms with Gasteiger partial charge in [-0.2, -0.15) is 0 Å². The van der Waals surface area contributed by atoms with E-state index in [0.29, 0.717) is 6.04 Å². The molecule has 0 amide bonds. The molecule has 0 aromatic carbocycles. The molecule has 13 heavy (non-hydrogen) atoms. The van der Waals surface area contributed by atoms with E-state index in [9.17, 15) is 4.79 Å². The topological polar surface area (TPSA) is 29.5 Å². The van der Waals surface area contributed by atoms with E-state index in [-0.39, 0.29) is 12.1 Å². The average molecular weight is 185 g/mol. The minimum absolute atomic E-state index is 0.145. The summed E-state index contributed by atoms with van der Waals surface area (Å²) < 4.78 is 5.16. The number of ether oxygens (including phenoxy) is 1. The number of nitrogens with zero attached hydrogens (tertiary/aromatic N) is 1. The molecule has 1 aliphatic rings. The number of carbonyl (C=O) groups excluding carboxylic acids is 1. The van der Waals surface area contributed by atoms with E-state index in [4.69, 9.17) is 4.74 Å². The highest BCUT2D eigenvalue weighted by Crippen LogP contribution is 2.23. The summed E-state index contributed by atoms with van der Waals surface area (Å²) in [5.74, 6) is -0.145. The minimum atomic E-state index is -0.145. The van der Waals surface area contributed by atoms with E-state index in [0.717, 1.165) is 25.7 Å². The largest absolute Gasteiger partial charge is 0.463 e. The van der Waals surface area contributed by atoms with Gasteiger partial charge in [-0.1, -0.05) is 0 Å². The molecule has 76 valence electrons. The Morgan fingerprint density at radius 1 is 1.23 bits per heavy atom. The molecule has 0 atom stereocenters. The first-order valence-electron chi connectivity index (χ1n) is 4.93. The summed E-state index contributed by atoms with van der Waals surface area (Å²) >= 11 is 0. The highest BCUT2D eigenvalue weighted by molar-refractivity contribution is 5.66. The third-order valence-corrected chi connectivity index (χ3v) is 2.71. The average Bonchev–Trinajstić information content (AvgIpc) is 2.04. The molecule has 0 heterocycles. The van der Waals surface area contributed by atoms with Crippen molar-refractivity contribution in [1.29, 1.82) is 0 Å². The van der Waals surface area contributed by atoms with Crippen LogP contribution in [0.3, 0.4) is 0 Å². The molecule has 1 rings (SSSR count). The molecule has 0 radical (unpaired) electrons. The van der Waals surface area contributed by atoms with Crippen LogP contribution >= 0.6 is 0 Å². The molecule has 0 aromatic rings. The zero-order valence-corrected chi connectivity index (χ0v) is 8.75. The standard InChI is InChI=1S/C10H19NO2/c1-8(12)13-10-6-4-9(5-7-10)11(2)3/h9-10H,4-7H2,1-3H3. The molecule has 1 fully saturated rings. The van der Waals surface area contributed by atoms with Gasteiger partial charge in [-0.15, -0.1) is 0 Å². The van der Waals surface area contributed by atoms with Crippen molar-refractivity contribution < 1.29 is 9.53 Å². The lowest BCUT2D eigenvalue weighted by atomic mass is 9.92. The quantitative estimate of drug-likeness (QED) is 0.609. The zero-order valence-electron chi connectivity index (χ0n) is 8.75. The summed E-state index contributed by atoms with van der Waals surface area (Å²) in [5.41, 5.74) is 0. The Labute approximate surface area is 80.1 Å². The van der Waals surface area contributed by atoms with Gasteiger partial charge in [-0.3, -0.25) is 4.79 Å². The lowest BCUT2D eigenvalue weighted by Gasteiger charge is -2.32. The number of hydrogen-bond acceptors (Lipinski definition) is 3. The lowest BCUT2D eigenvalue weighted by Crippen LogP contribution is -2.34. The maximum absolute atomic E-state index is 10.7. The van der Waals surface area contributed by atoms with E-state index < -0.39 is 0 Å². The van der Waals surface area contributed by atoms with Gasteiger partial charge in [-0.05, 0) is 39.8 Å². The SMILES string of the molecule is CC(=O)OC1CCC(N(C)C)CC1. The molecule has 0 aromatic heterocycles. The molecule has 0 aliphatic heterocycles. The summed E-state index contributed by atoms with van der Waals surface area (Å²) in [5, 5.41) is 0. The number of esters is 1. The molecule has 1 aliphatic carbocycles. The second kappa shape index (κ2) is 4.61. The molecule has 0 bridgehead atoms. The fourth-order valence-electron chi connectivity index (χ4n) is 1.91. The summed E-state index contributed by atoms with van der Waals surface area (Å²) in [6.07, 6.45) is 4.49. The van der Waals surface area contributed by atoms with Gasteiger partial charge in [0.2, 0.25) is 0 Å². The van der Waals surface area contributed by atoms with Crippen LogP contribution in [0.5, 0.6) is 0 Å². The van der Waals surface area contributed by atoms with Crippen molar-refractivity contribution in [2.24, 2.45) is 0 Å². The molecule has 3 heteroatoms. The summed E-state index contributed by atoms with van der Waals surface area (Å²) in [4.78, 5) is 12.9. The van der Waals surface area contributed by atoms with Crippen LogP contribution in [-0.4, -0.2) is 37.1 Å². The normalized spacial score (nSPS) is 28.9. The van der Waals surface area contributed by atoms with Crippen LogP contribution in [0.4, 0.5) is 0 Å². The Bertz CT molecular complexity index is 172. The third kappa shape index (κ3) is 3.35. The molecule has 0 unspecified atom stereocenters. The van der Waals surface area contributed by atoms with Gasteiger partial charge < -0.3 is 9.64 Å². The Kier molecular flexibility index (Phi) is 3.72. The Morgan fingerprint density at radius 3 is 2.15 bits per heavy atom. The van der Waals surface area contributed by atoms with Gasteiger partial charge >= 0.3 is 5.97 Å². The molecule has 0 N–H and O–H groups in total. The smallest absolute Gasteiger partial charge is 0.302 e. The van der Waals surface area contributed by atoms with Crippen LogP contribution in [0.25, 0.3) is 0 Å². The molecule has 1 saturated carbocycles. The molecule has 0 saturated heterocycles. The van der Waals surface area contributed by atoms with E-state index in [1.54, 1.807) is 0 Å². The lowest BCUT2D eigenvalue weighted by molar-refractivity contribution is -0.148. The van der Waals surface area contributed by atoms with Crippen LogP contribution in [0.15, 0.2) is 0 Å². The van der Waals surface area contributed by atoms with E-state index in [1.807, 2.05) is 0 Å². The summed E-state index contributed by atoms with van der Waals surface area (Å²) in [7, 11) is 4.22. The minimum Gasteiger partial charge on any atom is -0.463 e. The maximum Gasteiger partial charge on any atom is 0.302 e. The molecular formula is C10H19NO2. The monoisotopic (exact) mass is 185 g/mol. The fourth-order valence-corrected chi connectivity index (χ4v) is 1.91. The number of carbonyl (C=O) groups is 1. The highest BCUT2D eigenvalue weighted by atomic mass is 16.5. The summed E-state index contributed by atoms with van der Waals surface area (Å²) in [6.45, 7) is 1.48. The van der Waals surface area contributed by atoms with Crippen molar-refractivity contribution in [3.05, 3.63) is 0 Å². The first-order valence-corrected chi connectivity index (χ1v) is 4.93. The van der Waals surface area contributed by atoms with Crippen molar-refractivity contribution in [3.8, 4) is 0 Å². The van der Waals surface area contributed by atoms with Gasteiger partial charge in [-0.25, -0.2) is 0 Å². The van der Waals surface area contributed by atoms with Gasteiger partial charge in [0, 0.05) is 13.0 Å². The first kappa shape index (κ1) is 10.5. The predicted molar refractivity (Wildman–Crippen MR) is 51.5 cm³/mol. The van der Waals surface area contributed by atoms with Crippen molar-refractivity contribution in [3.63, 3.8) is 0 Å². The molecular weight excluding hydrogens is 166 g/mol. The van der Waals surface area contributed by atoms with Crippen LogP contribution in [0, 0.1) is 0 Å². The van der Waals surface area contributed by atoms with Crippen LogP contribution in [0.1, 0.15) is 32.6 Å². The van der Waals surface area contributed by atoms with Crippen LogP contribution < -0.4 is 0 Å². The zero-order chi connectivity index (χ0) is 9.84. The first-order chi connectivity index (χ1) is 6.09. The fraction of sp³-hybridized carbons (Fsp3) is 0.900. The van der Waals surface area contributed by atoms with Gasteiger partial charge in [0.1, 0.15) is 6.10 Å². The van der Waals surface area contributed by atoms with E-state index >= 15 is 0 Å². The maximum atomic E-state index is 10.7. The van der Waals surface area contributed by atoms with Gasteiger partial charge in [0.05, 0.1) is 0 Å². The van der Waals surface area contributed by atoms with E-state index in [1.165, 1.54) is 6.92 Å². The highest BCUT2D eigenvalue weighted by Gasteiger charge is 2.23. The Hall–Kier alpha value is -0.570. The van der Waals surface area contributed by atoms with Crippen LogP contribution in [-0.2, 0) is 9.53 Å². The van der Waals surface area contributed by atoms with Crippen molar-refractivity contribution in [2.75, 3.05) is 14.1 Å². The van der Waals surface area contributed by atoms with E-state index in [2.05, 4.69) is 19.0 Å². The van der Waals surface area contributed by atoms with Gasteiger partial charge in [0.15, 0.2) is 0 Å². The van der Waals surface area contributed by atoms with Crippen molar-refractivity contribution in [1.82, 2.24) is 4.90 Å². The molecule has 0 spiro atoms. The Balaban J connectivity index is 2.26. The summed E-state index contributed by atoms with van der Waals surface area (Å²) in [6, 6.07) is 0.673. The Morgan fingerprint density at radius 2 is 1.77 bits per heavy atom. The second-order valence-electron chi connectivity index (χ2n) is 4.00. The second-order valence-corrected chi connectivity index (χ2v) is 4.00. The van der Waals surface area contributed by atoms with Crippen LogP contribution in [0.2, 0.25) is 0 Å². The van der Waals surface area contributed by atoms with Gasteiger partial charge in [0.25, 0.3) is 0 Å². The number of rotatable bonds is 2. The molecule has 3 nitrogen and oxygen atoms in total. The third-order valence-electron chi connectivity index (χ3n) is 2.71. The van der Waals surface area contributed by atoms with Crippen molar-refractivity contribution in [2.45, 2.75) is 44.8 Å². The predicted octanol–water partition coefficient (Wildman–Crippen LogP) is 1.42.